The summed E-state index contributed by atoms with van der Waals surface area (Å²) in [5.41, 5.74) is 3.06. The van der Waals surface area contributed by atoms with Crippen molar-refractivity contribution in [3.63, 3.8) is 0 Å². The number of imidazole rings is 1. The van der Waals surface area contributed by atoms with Crippen LogP contribution in [0.5, 0.6) is 5.75 Å². The molecular weight excluding hydrogens is 464 g/mol. The highest BCUT2D eigenvalue weighted by Crippen LogP contribution is 2.28. The summed E-state index contributed by atoms with van der Waals surface area (Å²) in [6.07, 6.45) is 11.5. The summed E-state index contributed by atoms with van der Waals surface area (Å²) in [5, 5.41) is 17.4. The van der Waals surface area contributed by atoms with Gasteiger partial charge >= 0.3 is 0 Å². The predicted octanol–water partition coefficient (Wildman–Crippen LogP) is 5.03. The molecular formula is C29H30N6O2. The summed E-state index contributed by atoms with van der Waals surface area (Å²) in [6.45, 7) is 3.95. The number of nitriles is 1. The SMILES string of the molecule is CCCCOc1cccc(-c2nn(-c3ccccc3)cc2/C=C(/C#N)C(=O)NCCCn2ccnc2)c1. The van der Waals surface area contributed by atoms with Gasteiger partial charge < -0.3 is 14.6 Å². The fraction of sp³-hybridized carbons (Fsp3) is 0.241. The molecule has 0 aliphatic heterocycles. The first-order valence-corrected chi connectivity index (χ1v) is 12.4. The summed E-state index contributed by atoms with van der Waals surface area (Å²) in [5.74, 6) is 0.342. The largest absolute Gasteiger partial charge is 0.494 e. The van der Waals surface area contributed by atoms with Gasteiger partial charge in [0.25, 0.3) is 5.91 Å². The number of hydrogen-bond acceptors (Lipinski definition) is 5. The van der Waals surface area contributed by atoms with Gasteiger partial charge in [0.15, 0.2) is 0 Å². The molecule has 37 heavy (non-hydrogen) atoms. The van der Waals surface area contributed by atoms with Gasteiger partial charge in [0, 0.05) is 42.8 Å². The molecule has 0 saturated heterocycles. The Morgan fingerprint density at radius 1 is 1.16 bits per heavy atom. The highest BCUT2D eigenvalue weighted by atomic mass is 16.5. The fourth-order valence-electron chi connectivity index (χ4n) is 3.78. The molecule has 0 aliphatic rings. The van der Waals surface area contributed by atoms with Crippen molar-refractivity contribution in [3.05, 3.63) is 90.7 Å². The van der Waals surface area contributed by atoms with Crippen LogP contribution in [-0.2, 0) is 11.3 Å². The predicted molar refractivity (Wildman–Crippen MR) is 143 cm³/mol. The van der Waals surface area contributed by atoms with Gasteiger partial charge in [-0.1, -0.05) is 43.7 Å². The zero-order valence-corrected chi connectivity index (χ0v) is 20.9. The van der Waals surface area contributed by atoms with Crippen molar-refractivity contribution in [2.24, 2.45) is 0 Å². The lowest BCUT2D eigenvalue weighted by atomic mass is 10.1. The van der Waals surface area contributed by atoms with Crippen LogP contribution in [0.1, 0.15) is 31.7 Å². The van der Waals surface area contributed by atoms with E-state index >= 15 is 0 Å². The van der Waals surface area contributed by atoms with Gasteiger partial charge in [0.1, 0.15) is 23.1 Å². The number of hydrogen-bond donors (Lipinski definition) is 1. The number of aryl methyl sites for hydroxylation is 1. The molecule has 2 aromatic heterocycles. The number of nitrogens with zero attached hydrogens (tertiary/aromatic N) is 5. The molecule has 8 nitrogen and oxygen atoms in total. The second kappa shape index (κ2) is 12.9. The lowest BCUT2D eigenvalue weighted by molar-refractivity contribution is -0.117. The van der Waals surface area contributed by atoms with E-state index in [0.717, 1.165) is 42.8 Å². The van der Waals surface area contributed by atoms with E-state index in [2.05, 4.69) is 23.3 Å². The minimum atomic E-state index is -0.414. The molecule has 188 valence electrons. The molecule has 2 heterocycles. The third-order valence-corrected chi connectivity index (χ3v) is 5.74. The fourth-order valence-corrected chi connectivity index (χ4v) is 3.78. The lowest BCUT2D eigenvalue weighted by Crippen LogP contribution is -2.26. The Labute approximate surface area is 216 Å². The number of nitrogens with one attached hydrogen (secondary N) is 1. The number of carbonyl (C=O) groups excluding carboxylic acids is 1. The topological polar surface area (TPSA) is 97.8 Å². The number of ether oxygens (including phenoxy) is 1. The Bertz CT molecular complexity index is 1370. The maximum atomic E-state index is 12.8. The molecule has 1 N–H and O–H groups in total. The molecule has 2 aromatic carbocycles. The van der Waals surface area contributed by atoms with Gasteiger partial charge in [-0.05, 0) is 43.2 Å². The molecule has 0 spiro atoms. The minimum Gasteiger partial charge on any atom is -0.494 e. The third kappa shape index (κ3) is 6.95. The number of para-hydroxylation sites is 1. The Morgan fingerprint density at radius 2 is 2.03 bits per heavy atom. The molecule has 0 aliphatic carbocycles. The van der Waals surface area contributed by atoms with Crippen molar-refractivity contribution in [2.45, 2.75) is 32.7 Å². The average Bonchev–Trinajstić information content (AvgIpc) is 3.61. The normalized spacial score (nSPS) is 11.2. The molecule has 0 fully saturated rings. The zero-order valence-electron chi connectivity index (χ0n) is 20.9. The summed E-state index contributed by atoms with van der Waals surface area (Å²) >= 11 is 0. The lowest BCUT2D eigenvalue weighted by Gasteiger charge is -2.07. The van der Waals surface area contributed by atoms with Gasteiger partial charge in [0.05, 0.1) is 18.6 Å². The van der Waals surface area contributed by atoms with Crippen LogP contribution in [-0.4, -0.2) is 38.4 Å². The van der Waals surface area contributed by atoms with E-state index < -0.39 is 5.91 Å². The molecule has 4 rings (SSSR count). The van der Waals surface area contributed by atoms with E-state index in [1.165, 1.54) is 0 Å². The van der Waals surface area contributed by atoms with E-state index in [9.17, 15) is 10.1 Å². The number of benzene rings is 2. The van der Waals surface area contributed by atoms with Crippen LogP contribution in [0.15, 0.2) is 85.1 Å². The second-order valence-electron chi connectivity index (χ2n) is 8.52. The number of aromatic nitrogens is 4. The molecule has 0 bridgehead atoms. The Morgan fingerprint density at radius 3 is 2.78 bits per heavy atom. The van der Waals surface area contributed by atoms with Gasteiger partial charge in [-0.25, -0.2) is 9.67 Å². The first-order chi connectivity index (χ1) is 18.2. The average molecular weight is 495 g/mol. The Hall–Kier alpha value is -4.64. The summed E-state index contributed by atoms with van der Waals surface area (Å²) in [4.78, 5) is 16.8. The number of carbonyl (C=O) groups is 1. The Balaban J connectivity index is 1.59. The highest BCUT2D eigenvalue weighted by Gasteiger charge is 2.15. The van der Waals surface area contributed by atoms with Crippen molar-refractivity contribution < 1.29 is 9.53 Å². The van der Waals surface area contributed by atoms with Crippen LogP contribution in [0.25, 0.3) is 23.0 Å². The van der Waals surface area contributed by atoms with Crippen molar-refractivity contribution in [2.75, 3.05) is 13.2 Å². The summed E-state index contributed by atoms with van der Waals surface area (Å²) in [6, 6.07) is 19.5. The smallest absolute Gasteiger partial charge is 0.261 e. The van der Waals surface area contributed by atoms with E-state index in [4.69, 9.17) is 9.84 Å². The Kier molecular flexibility index (Phi) is 8.87. The zero-order chi connectivity index (χ0) is 25.9. The summed E-state index contributed by atoms with van der Waals surface area (Å²) in [7, 11) is 0. The van der Waals surface area contributed by atoms with Crippen molar-refractivity contribution in [1.29, 1.82) is 5.26 Å². The molecule has 4 aromatic rings. The van der Waals surface area contributed by atoms with Crippen LogP contribution in [0.4, 0.5) is 0 Å². The van der Waals surface area contributed by atoms with E-state index in [1.54, 1.807) is 23.3 Å². The van der Waals surface area contributed by atoms with Crippen LogP contribution in [0.2, 0.25) is 0 Å². The first kappa shape index (κ1) is 25.5. The van der Waals surface area contributed by atoms with E-state index in [-0.39, 0.29) is 5.57 Å². The molecule has 1 amide bonds. The maximum absolute atomic E-state index is 12.8. The van der Waals surface area contributed by atoms with Gasteiger partial charge in [-0.15, -0.1) is 0 Å². The van der Waals surface area contributed by atoms with Gasteiger partial charge in [-0.2, -0.15) is 10.4 Å². The number of rotatable bonds is 12. The maximum Gasteiger partial charge on any atom is 0.261 e. The molecule has 0 atom stereocenters. The first-order valence-electron chi connectivity index (χ1n) is 12.4. The third-order valence-electron chi connectivity index (χ3n) is 5.74. The van der Waals surface area contributed by atoms with Crippen LogP contribution in [0, 0.1) is 11.3 Å². The van der Waals surface area contributed by atoms with E-state index in [1.807, 2.05) is 71.6 Å². The van der Waals surface area contributed by atoms with E-state index in [0.29, 0.717) is 24.4 Å². The minimum absolute atomic E-state index is 0.0202. The monoisotopic (exact) mass is 494 g/mol. The van der Waals surface area contributed by atoms with Crippen LogP contribution >= 0.6 is 0 Å². The molecule has 8 heteroatoms. The van der Waals surface area contributed by atoms with Gasteiger partial charge in [-0.3, -0.25) is 4.79 Å². The number of unbranched alkanes of at least 4 members (excludes halogenated alkanes) is 1. The standard InChI is InChI=1S/C29H30N6O2/c1-2-3-17-37-27-12-7-9-23(19-27)28-25(21-35(33-28)26-10-5-4-6-11-26)18-24(20-30)29(36)32-13-8-15-34-16-14-31-22-34/h4-7,9-12,14,16,18-19,21-22H,2-3,8,13,15,17H2,1H3,(H,32,36)/b24-18-. The van der Waals surface area contributed by atoms with Crippen molar-refractivity contribution in [1.82, 2.24) is 24.6 Å². The second-order valence-corrected chi connectivity index (χ2v) is 8.52. The van der Waals surface area contributed by atoms with Crippen LogP contribution < -0.4 is 10.1 Å². The highest BCUT2D eigenvalue weighted by molar-refractivity contribution is 6.02. The van der Waals surface area contributed by atoms with Crippen LogP contribution in [0.3, 0.4) is 0 Å². The van der Waals surface area contributed by atoms with Gasteiger partial charge in [0.2, 0.25) is 0 Å². The quantitative estimate of drug-likeness (QED) is 0.169. The summed E-state index contributed by atoms with van der Waals surface area (Å²) < 4.78 is 9.59. The van der Waals surface area contributed by atoms with Crippen molar-refractivity contribution in [3.8, 4) is 28.8 Å². The van der Waals surface area contributed by atoms with Crippen molar-refractivity contribution >= 4 is 12.0 Å². The molecule has 0 unspecified atom stereocenters. The number of amides is 1. The molecule has 0 radical (unpaired) electrons. The molecule has 0 saturated carbocycles.